The largest absolute Gasteiger partial charge is 0.491 e. The van der Waals surface area contributed by atoms with Crippen LogP contribution < -0.4 is 4.74 Å². The van der Waals surface area contributed by atoms with Gasteiger partial charge in [-0.3, -0.25) is 4.79 Å². The smallest absolute Gasteiger partial charge is 0.471 e. The fourth-order valence-corrected chi connectivity index (χ4v) is 2.71. The van der Waals surface area contributed by atoms with E-state index in [1.165, 1.54) is 24.8 Å². The summed E-state index contributed by atoms with van der Waals surface area (Å²) >= 11 is 0. The number of rotatable bonds is 3. The predicted octanol–water partition coefficient (Wildman–Crippen LogP) is 2.78. The van der Waals surface area contributed by atoms with Gasteiger partial charge >= 0.3 is 12.1 Å². The van der Waals surface area contributed by atoms with Crippen molar-refractivity contribution in [2.24, 2.45) is 0 Å². The van der Waals surface area contributed by atoms with Gasteiger partial charge in [-0.1, -0.05) is 5.16 Å². The van der Waals surface area contributed by atoms with Gasteiger partial charge in [-0.05, 0) is 26.0 Å². The van der Waals surface area contributed by atoms with Gasteiger partial charge in [0, 0.05) is 11.1 Å². The highest BCUT2D eigenvalue weighted by Crippen LogP contribution is 2.33. The number of nitrogens with zero attached hydrogens (tertiary/aromatic N) is 3. The van der Waals surface area contributed by atoms with Gasteiger partial charge in [-0.15, -0.1) is 0 Å². The van der Waals surface area contributed by atoms with Gasteiger partial charge in [-0.25, -0.2) is 4.39 Å². The first-order valence-electron chi connectivity index (χ1n) is 8.31. The zero-order valence-corrected chi connectivity index (χ0v) is 15.0. The number of alkyl halides is 3. The standard InChI is InChI=1S/C17H17F4N3O4/c1-16(2,26)7-13(25)24-3-4-27-12-6-9(5-11(18)10(12)8-24)14-22-15(28-23-14)17(19,20)21/h5-6,26H,3-4,7-8H2,1-2H3. The molecule has 1 aromatic heterocycles. The van der Waals surface area contributed by atoms with Crippen LogP contribution in [0.3, 0.4) is 0 Å². The minimum Gasteiger partial charge on any atom is -0.491 e. The van der Waals surface area contributed by atoms with Gasteiger partial charge in [0.25, 0.3) is 0 Å². The minimum atomic E-state index is -4.81. The van der Waals surface area contributed by atoms with Gasteiger partial charge in [0.15, 0.2) is 0 Å². The normalized spacial score (nSPS) is 15.0. The van der Waals surface area contributed by atoms with E-state index in [0.717, 1.165) is 6.07 Å². The van der Waals surface area contributed by atoms with Crippen LogP contribution >= 0.6 is 0 Å². The van der Waals surface area contributed by atoms with Crippen LogP contribution in [0.4, 0.5) is 17.6 Å². The Bertz CT molecular complexity index is 890. The summed E-state index contributed by atoms with van der Waals surface area (Å²) < 4.78 is 62.1. The summed E-state index contributed by atoms with van der Waals surface area (Å²) in [4.78, 5) is 16.9. The molecule has 152 valence electrons. The van der Waals surface area contributed by atoms with Crippen LogP contribution in [0.15, 0.2) is 16.7 Å². The summed E-state index contributed by atoms with van der Waals surface area (Å²) in [5, 5.41) is 13.0. The Morgan fingerprint density at radius 3 is 2.64 bits per heavy atom. The molecule has 2 aromatic rings. The average Bonchev–Trinajstić information content (AvgIpc) is 2.95. The van der Waals surface area contributed by atoms with Crippen LogP contribution in [0.1, 0.15) is 31.7 Å². The molecule has 1 aromatic carbocycles. The molecular formula is C17H17F4N3O4. The van der Waals surface area contributed by atoms with Crippen molar-refractivity contribution in [1.29, 1.82) is 0 Å². The first-order valence-corrected chi connectivity index (χ1v) is 8.31. The van der Waals surface area contributed by atoms with Gasteiger partial charge in [0.05, 0.1) is 25.1 Å². The molecule has 28 heavy (non-hydrogen) atoms. The Hall–Kier alpha value is -2.69. The highest BCUT2D eigenvalue weighted by molar-refractivity contribution is 5.77. The van der Waals surface area contributed by atoms with E-state index < -0.39 is 29.3 Å². The molecular weight excluding hydrogens is 386 g/mol. The Balaban J connectivity index is 1.88. The number of ether oxygens (including phenoxy) is 1. The van der Waals surface area contributed by atoms with Gasteiger partial charge in [-0.2, -0.15) is 18.2 Å². The van der Waals surface area contributed by atoms with Crippen molar-refractivity contribution in [2.75, 3.05) is 13.2 Å². The van der Waals surface area contributed by atoms with E-state index in [1.807, 2.05) is 0 Å². The summed E-state index contributed by atoms with van der Waals surface area (Å²) in [6.45, 7) is 3.09. The van der Waals surface area contributed by atoms with Crippen molar-refractivity contribution in [2.45, 2.75) is 38.6 Å². The van der Waals surface area contributed by atoms with E-state index in [2.05, 4.69) is 14.7 Å². The maximum absolute atomic E-state index is 14.6. The van der Waals surface area contributed by atoms with Crippen molar-refractivity contribution < 1.29 is 36.7 Å². The van der Waals surface area contributed by atoms with Crippen molar-refractivity contribution in [3.63, 3.8) is 0 Å². The first-order chi connectivity index (χ1) is 12.9. The number of fused-ring (bicyclic) bond motifs is 1. The quantitative estimate of drug-likeness (QED) is 0.793. The lowest BCUT2D eigenvalue weighted by Gasteiger charge is -2.24. The second kappa shape index (κ2) is 7.04. The summed E-state index contributed by atoms with van der Waals surface area (Å²) in [5.41, 5.74) is -1.19. The number of carbonyl (C=O) groups excluding carboxylic acids is 1. The number of benzene rings is 1. The molecule has 1 N–H and O–H groups in total. The molecule has 0 saturated carbocycles. The van der Waals surface area contributed by atoms with E-state index >= 15 is 0 Å². The van der Waals surface area contributed by atoms with E-state index in [0.29, 0.717) is 0 Å². The van der Waals surface area contributed by atoms with E-state index in [9.17, 15) is 27.5 Å². The third kappa shape index (κ3) is 4.41. The highest BCUT2D eigenvalue weighted by Gasteiger charge is 2.38. The minimum absolute atomic E-state index is 0.0491. The topological polar surface area (TPSA) is 88.7 Å². The second-order valence-electron chi connectivity index (χ2n) is 7.01. The van der Waals surface area contributed by atoms with Crippen molar-refractivity contribution >= 4 is 5.91 Å². The molecule has 7 nitrogen and oxygen atoms in total. The number of carbonyl (C=O) groups is 1. The molecule has 0 aliphatic carbocycles. The molecule has 1 aliphatic rings. The molecule has 1 aliphatic heterocycles. The van der Waals surface area contributed by atoms with Crippen LogP contribution in [-0.4, -0.2) is 44.8 Å². The van der Waals surface area contributed by atoms with E-state index in [-0.39, 0.29) is 48.9 Å². The number of aliphatic hydroxyl groups is 1. The average molecular weight is 403 g/mol. The van der Waals surface area contributed by atoms with Gasteiger partial charge in [0.2, 0.25) is 11.7 Å². The molecule has 0 saturated heterocycles. The zero-order valence-electron chi connectivity index (χ0n) is 15.0. The third-order valence-electron chi connectivity index (χ3n) is 3.99. The number of hydrogen-bond acceptors (Lipinski definition) is 6. The fourth-order valence-electron chi connectivity index (χ4n) is 2.71. The molecule has 0 bridgehead atoms. The van der Waals surface area contributed by atoms with Crippen molar-refractivity contribution in [3.05, 3.63) is 29.4 Å². The van der Waals surface area contributed by atoms with Crippen molar-refractivity contribution in [1.82, 2.24) is 15.0 Å². The summed E-state index contributed by atoms with van der Waals surface area (Å²) in [6.07, 6.45) is -4.96. The van der Waals surface area contributed by atoms with Crippen LogP contribution in [0.5, 0.6) is 5.75 Å². The van der Waals surface area contributed by atoms with E-state index in [1.54, 1.807) is 0 Å². The Labute approximate surface area is 156 Å². The van der Waals surface area contributed by atoms with Gasteiger partial charge < -0.3 is 19.3 Å². The maximum atomic E-state index is 14.6. The number of aromatic nitrogens is 2. The predicted molar refractivity (Wildman–Crippen MR) is 86.5 cm³/mol. The molecule has 0 spiro atoms. The van der Waals surface area contributed by atoms with Crippen LogP contribution in [0.25, 0.3) is 11.4 Å². The molecule has 11 heteroatoms. The van der Waals surface area contributed by atoms with Gasteiger partial charge in [0.1, 0.15) is 18.2 Å². The monoisotopic (exact) mass is 403 g/mol. The Kier molecular flexibility index (Phi) is 5.04. The third-order valence-corrected chi connectivity index (χ3v) is 3.99. The SMILES string of the molecule is CC(C)(O)CC(=O)N1CCOc2cc(-c3noc(C(F)(F)F)n3)cc(F)c2C1. The van der Waals surface area contributed by atoms with E-state index in [4.69, 9.17) is 4.74 Å². The Morgan fingerprint density at radius 1 is 1.32 bits per heavy atom. The number of amides is 1. The molecule has 0 atom stereocenters. The lowest BCUT2D eigenvalue weighted by Crippen LogP contribution is -2.37. The zero-order chi connectivity index (χ0) is 20.7. The summed E-state index contributed by atoms with van der Waals surface area (Å²) in [6, 6.07) is 2.25. The summed E-state index contributed by atoms with van der Waals surface area (Å²) in [7, 11) is 0. The molecule has 0 fully saturated rings. The molecule has 1 amide bonds. The van der Waals surface area contributed by atoms with Crippen LogP contribution in [0.2, 0.25) is 0 Å². The molecule has 2 heterocycles. The molecule has 0 radical (unpaired) electrons. The molecule has 0 unspecified atom stereocenters. The van der Waals surface area contributed by atoms with Crippen molar-refractivity contribution in [3.8, 4) is 17.1 Å². The lowest BCUT2D eigenvalue weighted by atomic mass is 10.0. The lowest BCUT2D eigenvalue weighted by molar-refractivity contribution is -0.159. The number of hydrogen-bond donors (Lipinski definition) is 1. The molecule has 3 rings (SSSR count). The highest BCUT2D eigenvalue weighted by atomic mass is 19.4. The fraction of sp³-hybridized carbons (Fsp3) is 0.471. The van der Waals surface area contributed by atoms with Crippen LogP contribution in [0, 0.1) is 5.82 Å². The first kappa shape index (κ1) is 20.1. The number of halogens is 4. The Morgan fingerprint density at radius 2 is 2.04 bits per heavy atom. The summed E-state index contributed by atoms with van der Waals surface area (Å²) in [5.74, 6) is -3.06. The maximum Gasteiger partial charge on any atom is 0.471 e. The second-order valence-corrected chi connectivity index (χ2v) is 7.01. The van der Waals surface area contributed by atoms with Crippen LogP contribution in [-0.2, 0) is 17.5 Å².